The van der Waals surface area contributed by atoms with Crippen molar-refractivity contribution < 1.29 is 9.53 Å². The van der Waals surface area contributed by atoms with Crippen LogP contribution in [0.4, 0.5) is 0 Å². The van der Waals surface area contributed by atoms with Crippen molar-refractivity contribution in [3.8, 4) is 0 Å². The molecular formula is C10H22N2O2. The number of nitrogens with one attached hydrogen (secondary N) is 1. The van der Waals surface area contributed by atoms with Crippen LogP contribution in [0.15, 0.2) is 0 Å². The van der Waals surface area contributed by atoms with E-state index in [1.165, 1.54) is 0 Å². The monoisotopic (exact) mass is 202 g/mol. The molecule has 0 amide bonds. The van der Waals surface area contributed by atoms with Crippen LogP contribution in [0.5, 0.6) is 0 Å². The molecular weight excluding hydrogens is 180 g/mol. The van der Waals surface area contributed by atoms with Crippen LogP contribution in [0.3, 0.4) is 0 Å². The first-order chi connectivity index (χ1) is 6.74. The Kier molecular flexibility index (Phi) is 8.57. The van der Waals surface area contributed by atoms with Crippen molar-refractivity contribution in [2.24, 2.45) is 0 Å². The fraction of sp³-hybridized carbons (Fsp3) is 0.900. The Morgan fingerprint density at radius 2 is 1.93 bits per heavy atom. The molecule has 4 nitrogen and oxygen atoms in total. The molecule has 0 heterocycles. The van der Waals surface area contributed by atoms with Gasteiger partial charge in [-0.2, -0.15) is 0 Å². The highest BCUT2D eigenvalue weighted by atomic mass is 16.5. The van der Waals surface area contributed by atoms with Gasteiger partial charge in [-0.3, -0.25) is 10.2 Å². The lowest BCUT2D eigenvalue weighted by atomic mass is 10.3. The standard InChI is InChI=1S/C10H22N2O2/c1-4-12(5-2)11-9-7-8-10(13)14-6-3/h11H,4-9H2,1-3H3. The normalized spacial score (nSPS) is 10.6. The van der Waals surface area contributed by atoms with E-state index in [1.54, 1.807) is 0 Å². The molecule has 0 aliphatic rings. The second-order valence-corrected chi connectivity index (χ2v) is 2.99. The lowest BCUT2D eigenvalue weighted by molar-refractivity contribution is -0.143. The highest BCUT2D eigenvalue weighted by molar-refractivity contribution is 5.69. The third-order valence-corrected chi connectivity index (χ3v) is 1.96. The summed E-state index contributed by atoms with van der Waals surface area (Å²) in [6.45, 7) is 9.30. The highest BCUT2D eigenvalue weighted by Crippen LogP contribution is 1.92. The van der Waals surface area contributed by atoms with Gasteiger partial charge in [0, 0.05) is 26.1 Å². The molecule has 0 radical (unpaired) electrons. The molecule has 14 heavy (non-hydrogen) atoms. The largest absolute Gasteiger partial charge is 0.466 e. The van der Waals surface area contributed by atoms with E-state index >= 15 is 0 Å². The predicted octanol–water partition coefficient (Wildman–Crippen LogP) is 1.18. The maximum absolute atomic E-state index is 11.0. The lowest BCUT2D eigenvalue weighted by Gasteiger charge is -2.19. The van der Waals surface area contributed by atoms with Crippen molar-refractivity contribution in [1.82, 2.24) is 10.4 Å². The molecule has 0 aromatic carbocycles. The average Bonchev–Trinajstić information content (AvgIpc) is 2.19. The molecule has 0 spiro atoms. The topological polar surface area (TPSA) is 41.6 Å². The third-order valence-electron chi connectivity index (χ3n) is 1.96. The lowest BCUT2D eigenvalue weighted by Crippen LogP contribution is -2.38. The zero-order valence-electron chi connectivity index (χ0n) is 9.51. The van der Waals surface area contributed by atoms with Crippen molar-refractivity contribution in [3.63, 3.8) is 0 Å². The van der Waals surface area contributed by atoms with Crippen LogP contribution in [-0.4, -0.2) is 37.2 Å². The van der Waals surface area contributed by atoms with E-state index in [4.69, 9.17) is 4.74 Å². The molecule has 0 rings (SSSR count). The number of nitrogens with zero attached hydrogens (tertiary/aromatic N) is 1. The number of esters is 1. The molecule has 0 atom stereocenters. The van der Waals surface area contributed by atoms with E-state index in [1.807, 2.05) is 6.92 Å². The zero-order chi connectivity index (χ0) is 10.8. The van der Waals surface area contributed by atoms with Crippen LogP contribution in [0.25, 0.3) is 0 Å². The van der Waals surface area contributed by atoms with E-state index < -0.39 is 0 Å². The van der Waals surface area contributed by atoms with Gasteiger partial charge in [0.1, 0.15) is 0 Å². The Morgan fingerprint density at radius 3 is 2.43 bits per heavy atom. The van der Waals surface area contributed by atoms with Gasteiger partial charge in [-0.15, -0.1) is 0 Å². The van der Waals surface area contributed by atoms with Crippen molar-refractivity contribution in [2.75, 3.05) is 26.2 Å². The summed E-state index contributed by atoms with van der Waals surface area (Å²) < 4.78 is 4.82. The zero-order valence-corrected chi connectivity index (χ0v) is 9.51. The molecule has 0 fully saturated rings. The van der Waals surface area contributed by atoms with E-state index in [-0.39, 0.29) is 5.97 Å². The first-order valence-corrected chi connectivity index (χ1v) is 5.38. The Bertz CT molecular complexity index is 147. The molecule has 0 saturated carbocycles. The summed E-state index contributed by atoms with van der Waals surface area (Å²) >= 11 is 0. The van der Waals surface area contributed by atoms with Crippen LogP contribution in [0.2, 0.25) is 0 Å². The summed E-state index contributed by atoms with van der Waals surface area (Å²) in [6.07, 6.45) is 1.33. The SMILES string of the molecule is CCOC(=O)CCCNN(CC)CC. The molecule has 0 saturated heterocycles. The summed E-state index contributed by atoms with van der Waals surface area (Å²) in [6, 6.07) is 0. The molecule has 0 aliphatic carbocycles. The first-order valence-electron chi connectivity index (χ1n) is 5.38. The predicted molar refractivity (Wildman–Crippen MR) is 56.8 cm³/mol. The molecule has 0 aromatic rings. The Labute approximate surface area is 86.6 Å². The summed E-state index contributed by atoms with van der Waals surface area (Å²) in [5, 5.41) is 2.12. The molecule has 0 aliphatic heterocycles. The van der Waals surface area contributed by atoms with E-state index in [2.05, 4.69) is 24.3 Å². The number of hydrogen-bond acceptors (Lipinski definition) is 4. The van der Waals surface area contributed by atoms with Gasteiger partial charge in [0.2, 0.25) is 0 Å². The van der Waals surface area contributed by atoms with E-state index in [9.17, 15) is 4.79 Å². The second-order valence-electron chi connectivity index (χ2n) is 2.99. The van der Waals surface area contributed by atoms with Gasteiger partial charge in [-0.25, -0.2) is 5.01 Å². The van der Waals surface area contributed by atoms with Crippen molar-refractivity contribution >= 4 is 5.97 Å². The molecule has 0 unspecified atom stereocenters. The smallest absolute Gasteiger partial charge is 0.305 e. The van der Waals surface area contributed by atoms with Crippen LogP contribution in [0, 0.1) is 0 Å². The highest BCUT2D eigenvalue weighted by Gasteiger charge is 2.01. The maximum Gasteiger partial charge on any atom is 0.305 e. The maximum atomic E-state index is 11.0. The quantitative estimate of drug-likeness (QED) is 0.364. The van der Waals surface area contributed by atoms with E-state index in [0.717, 1.165) is 26.1 Å². The summed E-state index contributed by atoms with van der Waals surface area (Å²) in [4.78, 5) is 11.0. The van der Waals surface area contributed by atoms with Crippen LogP contribution < -0.4 is 5.43 Å². The van der Waals surface area contributed by atoms with Crippen molar-refractivity contribution in [3.05, 3.63) is 0 Å². The molecule has 0 bridgehead atoms. The minimum atomic E-state index is -0.103. The molecule has 1 N–H and O–H groups in total. The minimum Gasteiger partial charge on any atom is -0.466 e. The number of hydrazine groups is 1. The number of hydrogen-bond donors (Lipinski definition) is 1. The summed E-state index contributed by atoms with van der Waals surface area (Å²) in [5.41, 5.74) is 3.24. The molecule has 84 valence electrons. The Hall–Kier alpha value is -0.610. The van der Waals surface area contributed by atoms with Gasteiger partial charge < -0.3 is 4.74 Å². The second kappa shape index (κ2) is 8.97. The van der Waals surface area contributed by atoms with Gasteiger partial charge in [0.15, 0.2) is 0 Å². The van der Waals surface area contributed by atoms with Crippen LogP contribution in [-0.2, 0) is 9.53 Å². The number of ether oxygens (including phenoxy) is 1. The van der Waals surface area contributed by atoms with Crippen molar-refractivity contribution in [1.29, 1.82) is 0 Å². The summed E-state index contributed by atoms with van der Waals surface area (Å²) in [7, 11) is 0. The summed E-state index contributed by atoms with van der Waals surface area (Å²) in [5.74, 6) is -0.103. The van der Waals surface area contributed by atoms with E-state index in [0.29, 0.717) is 13.0 Å². The van der Waals surface area contributed by atoms with Gasteiger partial charge in [-0.1, -0.05) is 13.8 Å². The van der Waals surface area contributed by atoms with Gasteiger partial charge in [-0.05, 0) is 13.3 Å². The molecule has 4 heteroatoms. The average molecular weight is 202 g/mol. The number of rotatable bonds is 8. The number of carbonyl (C=O) groups excluding carboxylic acids is 1. The Balaban J connectivity index is 3.32. The van der Waals surface area contributed by atoms with Crippen LogP contribution in [0.1, 0.15) is 33.6 Å². The van der Waals surface area contributed by atoms with Crippen LogP contribution >= 0.6 is 0 Å². The first kappa shape index (κ1) is 13.4. The fourth-order valence-corrected chi connectivity index (χ4v) is 1.15. The number of carbonyl (C=O) groups is 1. The minimum absolute atomic E-state index is 0.103. The van der Waals surface area contributed by atoms with Gasteiger partial charge in [0.25, 0.3) is 0 Å². The van der Waals surface area contributed by atoms with Gasteiger partial charge >= 0.3 is 5.97 Å². The van der Waals surface area contributed by atoms with Crippen molar-refractivity contribution in [2.45, 2.75) is 33.6 Å². The third kappa shape index (κ3) is 6.86. The van der Waals surface area contributed by atoms with Gasteiger partial charge in [0.05, 0.1) is 6.61 Å². The Morgan fingerprint density at radius 1 is 1.29 bits per heavy atom. The molecule has 0 aromatic heterocycles. The fourth-order valence-electron chi connectivity index (χ4n) is 1.15.